The molecule has 1 amide bonds. The molecule has 0 radical (unpaired) electrons. The Bertz CT molecular complexity index is 622. The summed E-state index contributed by atoms with van der Waals surface area (Å²) in [5.41, 5.74) is -0.656. The standard InChI is InChI=1S/C14H22N4O6/c1-8(20)15-4-2-5-16-10-3-6-18(14(23)17-10)13-12(22)11(21)9(7-19)24-13/h3,6,9,11-13,19,21-22H,2,4-5,7H2,1H3,(H,15,20)(H,16,17,23)/t9-,11?,12?,13-/m1/s1. The van der Waals surface area contributed by atoms with E-state index in [4.69, 9.17) is 9.84 Å². The van der Waals surface area contributed by atoms with E-state index in [2.05, 4.69) is 15.6 Å². The first-order valence-corrected chi connectivity index (χ1v) is 7.64. The Morgan fingerprint density at radius 2 is 2.12 bits per heavy atom. The smallest absolute Gasteiger partial charge is 0.351 e. The van der Waals surface area contributed by atoms with Crippen molar-refractivity contribution in [1.82, 2.24) is 14.9 Å². The molecule has 2 rings (SSSR count). The molecule has 0 aromatic carbocycles. The van der Waals surface area contributed by atoms with Crippen LogP contribution in [0.4, 0.5) is 5.82 Å². The summed E-state index contributed by atoms with van der Waals surface area (Å²) < 4.78 is 6.35. The number of hydrogen-bond acceptors (Lipinski definition) is 8. The fraction of sp³-hybridized carbons (Fsp3) is 0.643. The number of aromatic nitrogens is 2. The number of hydrogen-bond donors (Lipinski definition) is 5. The molecule has 1 aliphatic heterocycles. The van der Waals surface area contributed by atoms with Crippen molar-refractivity contribution in [2.45, 2.75) is 37.9 Å². The second kappa shape index (κ2) is 8.20. The van der Waals surface area contributed by atoms with E-state index in [-0.39, 0.29) is 5.91 Å². The Labute approximate surface area is 138 Å². The average Bonchev–Trinajstić information content (AvgIpc) is 2.82. The fourth-order valence-corrected chi connectivity index (χ4v) is 2.38. The lowest BCUT2D eigenvalue weighted by Gasteiger charge is -2.17. The van der Waals surface area contributed by atoms with Crippen molar-refractivity contribution in [2.24, 2.45) is 0 Å². The van der Waals surface area contributed by atoms with Gasteiger partial charge in [-0.1, -0.05) is 0 Å². The van der Waals surface area contributed by atoms with Crippen LogP contribution in [-0.4, -0.2) is 68.8 Å². The predicted octanol–water partition coefficient (Wildman–Crippen LogP) is -2.21. The second-order valence-corrected chi connectivity index (χ2v) is 5.49. The van der Waals surface area contributed by atoms with Gasteiger partial charge in [-0.05, 0) is 12.5 Å². The zero-order valence-electron chi connectivity index (χ0n) is 13.3. The van der Waals surface area contributed by atoms with Crippen LogP contribution in [0.25, 0.3) is 0 Å². The quantitative estimate of drug-likeness (QED) is 0.351. The minimum atomic E-state index is -1.34. The Morgan fingerprint density at radius 1 is 1.38 bits per heavy atom. The van der Waals surface area contributed by atoms with Gasteiger partial charge in [-0.3, -0.25) is 9.36 Å². The molecule has 0 aliphatic carbocycles. The van der Waals surface area contributed by atoms with Gasteiger partial charge in [0.25, 0.3) is 0 Å². The molecule has 4 atom stereocenters. The highest BCUT2D eigenvalue weighted by Gasteiger charge is 2.43. The van der Waals surface area contributed by atoms with E-state index < -0.39 is 36.8 Å². The lowest BCUT2D eigenvalue weighted by atomic mass is 10.1. The Morgan fingerprint density at radius 3 is 2.71 bits per heavy atom. The predicted molar refractivity (Wildman–Crippen MR) is 83.3 cm³/mol. The van der Waals surface area contributed by atoms with E-state index in [1.165, 1.54) is 19.2 Å². The van der Waals surface area contributed by atoms with Crippen LogP contribution in [0.2, 0.25) is 0 Å². The Balaban J connectivity index is 1.95. The monoisotopic (exact) mass is 342 g/mol. The topological polar surface area (TPSA) is 146 Å². The van der Waals surface area contributed by atoms with Crippen molar-refractivity contribution in [3.63, 3.8) is 0 Å². The van der Waals surface area contributed by atoms with Crippen molar-refractivity contribution in [3.05, 3.63) is 22.7 Å². The van der Waals surface area contributed by atoms with Crippen molar-refractivity contribution < 1.29 is 24.9 Å². The molecule has 134 valence electrons. The number of aliphatic hydroxyl groups excluding tert-OH is 3. The molecule has 1 aliphatic rings. The largest absolute Gasteiger partial charge is 0.394 e. The first-order chi connectivity index (χ1) is 11.4. The molecule has 1 saturated heterocycles. The van der Waals surface area contributed by atoms with Gasteiger partial charge in [-0.2, -0.15) is 4.98 Å². The zero-order valence-corrected chi connectivity index (χ0v) is 13.3. The van der Waals surface area contributed by atoms with E-state index in [0.717, 1.165) is 4.57 Å². The SMILES string of the molecule is CC(=O)NCCCNc1ccn([C@@H]2O[C@H](CO)C(O)C2O)c(=O)n1. The molecule has 1 aromatic heterocycles. The van der Waals surface area contributed by atoms with E-state index in [1.807, 2.05) is 0 Å². The highest BCUT2D eigenvalue weighted by Crippen LogP contribution is 2.28. The maximum absolute atomic E-state index is 12.1. The number of carbonyl (C=O) groups excluding carboxylic acids is 1. The van der Waals surface area contributed by atoms with E-state index in [1.54, 1.807) is 0 Å². The first-order valence-electron chi connectivity index (χ1n) is 7.64. The van der Waals surface area contributed by atoms with Gasteiger partial charge in [-0.15, -0.1) is 0 Å². The maximum atomic E-state index is 12.1. The number of amides is 1. The molecule has 1 fully saturated rings. The van der Waals surface area contributed by atoms with Crippen LogP contribution >= 0.6 is 0 Å². The third kappa shape index (κ3) is 4.29. The lowest BCUT2D eigenvalue weighted by Crippen LogP contribution is -2.36. The number of nitrogens with one attached hydrogen (secondary N) is 2. The van der Waals surface area contributed by atoms with E-state index >= 15 is 0 Å². The molecule has 0 spiro atoms. The molecule has 24 heavy (non-hydrogen) atoms. The van der Waals surface area contributed by atoms with E-state index in [0.29, 0.717) is 25.3 Å². The number of ether oxygens (including phenoxy) is 1. The summed E-state index contributed by atoms with van der Waals surface area (Å²) in [4.78, 5) is 26.6. The summed E-state index contributed by atoms with van der Waals surface area (Å²) in [6.45, 7) is 2.00. The summed E-state index contributed by atoms with van der Waals surface area (Å²) in [7, 11) is 0. The number of aliphatic hydroxyl groups is 3. The molecule has 5 N–H and O–H groups in total. The maximum Gasteiger partial charge on any atom is 0.351 e. The van der Waals surface area contributed by atoms with Crippen molar-refractivity contribution in [2.75, 3.05) is 25.0 Å². The van der Waals surface area contributed by atoms with Crippen LogP contribution in [0, 0.1) is 0 Å². The van der Waals surface area contributed by atoms with Crippen LogP contribution in [0.5, 0.6) is 0 Å². The van der Waals surface area contributed by atoms with Gasteiger partial charge in [0.05, 0.1) is 6.61 Å². The average molecular weight is 342 g/mol. The van der Waals surface area contributed by atoms with Crippen LogP contribution in [0.1, 0.15) is 19.6 Å². The Kier molecular flexibility index (Phi) is 6.26. The van der Waals surface area contributed by atoms with Crippen LogP contribution in [0.15, 0.2) is 17.1 Å². The van der Waals surface area contributed by atoms with Gasteiger partial charge in [0.15, 0.2) is 6.23 Å². The van der Waals surface area contributed by atoms with Gasteiger partial charge in [-0.25, -0.2) is 4.79 Å². The van der Waals surface area contributed by atoms with Gasteiger partial charge < -0.3 is 30.7 Å². The van der Waals surface area contributed by atoms with Crippen molar-refractivity contribution >= 4 is 11.7 Å². The molecule has 2 unspecified atom stereocenters. The Hall–Kier alpha value is -2.01. The minimum Gasteiger partial charge on any atom is -0.394 e. The van der Waals surface area contributed by atoms with Crippen molar-refractivity contribution in [3.8, 4) is 0 Å². The van der Waals surface area contributed by atoms with Gasteiger partial charge in [0.2, 0.25) is 5.91 Å². The number of carbonyl (C=O) groups is 1. The summed E-state index contributed by atoms with van der Waals surface area (Å²) in [6.07, 6.45) is -2.61. The zero-order chi connectivity index (χ0) is 17.7. The minimum absolute atomic E-state index is 0.103. The summed E-state index contributed by atoms with van der Waals surface area (Å²) in [6, 6.07) is 1.54. The molecular formula is C14H22N4O6. The summed E-state index contributed by atoms with van der Waals surface area (Å²) >= 11 is 0. The van der Waals surface area contributed by atoms with Crippen molar-refractivity contribution in [1.29, 1.82) is 0 Å². The molecule has 2 heterocycles. The number of rotatable bonds is 7. The second-order valence-electron chi connectivity index (χ2n) is 5.49. The molecular weight excluding hydrogens is 320 g/mol. The number of anilines is 1. The first kappa shape index (κ1) is 18.3. The molecule has 10 nitrogen and oxygen atoms in total. The van der Waals surface area contributed by atoms with E-state index in [9.17, 15) is 19.8 Å². The third-order valence-electron chi connectivity index (χ3n) is 3.65. The van der Waals surface area contributed by atoms with Gasteiger partial charge >= 0.3 is 5.69 Å². The fourth-order valence-electron chi connectivity index (χ4n) is 2.38. The number of nitrogens with zero attached hydrogens (tertiary/aromatic N) is 2. The van der Waals surface area contributed by atoms with Crippen LogP contribution < -0.4 is 16.3 Å². The van der Waals surface area contributed by atoms with Gasteiger partial charge in [0, 0.05) is 26.2 Å². The third-order valence-corrected chi connectivity index (χ3v) is 3.65. The molecule has 0 saturated carbocycles. The normalized spacial score (nSPS) is 26.3. The molecule has 10 heteroatoms. The lowest BCUT2D eigenvalue weighted by molar-refractivity contribution is -0.118. The van der Waals surface area contributed by atoms with Crippen LogP contribution in [0.3, 0.4) is 0 Å². The molecule has 1 aromatic rings. The summed E-state index contributed by atoms with van der Waals surface area (Å²) in [5, 5.41) is 34.3. The highest BCUT2D eigenvalue weighted by molar-refractivity contribution is 5.72. The molecule has 0 bridgehead atoms. The summed E-state index contributed by atoms with van der Waals surface area (Å²) in [5.74, 6) is 0.250. The van der Waals surface area contributed by atoms with Gasteiger partial charge in [0.1, 0.15) is 24.1 Å². The highest BCUT2D eigenvalue weighted by atomic mass is 16.6. The van der Waals surface area contributed by atoms with Crippen LogP contribution in [-0.2, 0) is 9.53 Å².